The minimum Gasteiger partial charge on any atom is -0.358 e. The zero-order valence-corrected chi connectivity index (χ0v) is 8.96. The van der Waals surface area contributed by atoms with Crippen LogP contribution >= 0.6 is 0 Å². The van der Waals surface area contributed by atoms with Gasteiger partial charge >= 0.3 is 0 Å². The van der Waals surface area contributed by atoms with E-state index in [-0.39, 0.29) is 18.4 Å². The molecule has 0 aliphatic rings. The highest BCUT2D eigenvalue weighted by atomic mass is 16.2. The molecule has 0 saturated heterocycles. The lowest BCUT2D eigenvalue weighted by Gasteiger charge is -2.13. The summed E-state index contributed by atoms with van der Waals surface area (Å²) in [5, 5.41) is 4.87. The first-order valence-corrected chi connectivity index (χ1v) is 4.71. The number of nitrogens with one attached hydrogen (secondary N) is 2. The predicted molar refractivity (Wildman–Crippen MR) is 54.5 cm³/mol. The fraction of sp³-hybridized carbons (Fsp3) is 0.778. The Morgan fingerprint density at radius 2 is 1.93 bits per heavy atom. The molecule has 0 aliphatic carbocycles. The highest BCUT2D eigenvalue weighted by molar-refractivity contribution is 5.87. The average molecular weight is 201 g/mol. The van der Waals surface area contributed by atoms with Crippen LogP contribution in [0.25, 0.3) is 0 Å². The second-order valence-corrected chi connectivity index (χ2v) is 3.63. The molecule has 0 rings (SSSR count). The maximum atomic E-state index is 11.3. The number of carbonyl (C=O) groups excluding carboxylic acids is 2. The number of amides is 2. The molecule has 5 heteroatoms. The molecule has 2 amide bonds. The number of rotatable bonds is 5. The Hall–Kier alpha value is -1.10. The highest BCUT2D eigenvalue weighted by Gasteiger charge is 2.14. The third kappa shape index (κ3) is 5.53. The van der Waals surface area contributed by atoms with Crippen LogP contribution in [0.15, 0.2) is 0 Å². The van der Waals surface area contributed by atoms with E-state index < -0.39 is 6.04 Å². The van der Waals surface area contributed by atoms with Crippen LogP contribution in [0.2, 0.25) is 0 Å². The molecule has 14 heavy (non-hydrogen) atoms. The molecule has 0 aliphatic heterocycles. The lowest BCUT2D eigenvalue weighted by molar-refractivity contribution is -0.126. The molecule has 5 nitrogen and oxygen atoms in total. The monoisotopic (exact) mass is 201 g/mol. The standard InChI is InChI=1S/C9H19N3O2/c1-6(2)4-7(10)9(14)12-5-8(13)11-3/h6-7H,4-5,10H2,1-3H3,(H,11,13)(H,12,14)/t7-/m1/s1. The fourth-order valence-corrected chi connectivity index (χ4v) is 1.00. The summed E-state index contributed by atoms with van der Waals surface area (Å²) in [6.45, 7) is 3.97. The van der Waals surface area contributed by atoms with Gasteiger partial charge in [0.15, 0.2) is 0 Å². The molecule has 0 aromatic carbocycles. The van der Waals surface area contributed by atoms with Gasteiger partial charge in [-0.2, -0.15) is 0 Å². The van der Waals surface area contributed by atoms with Crippen molar-refractivity contribution in [2.75, 3.05) is 13.6 Å². The fourth-order valence-electron chi connectivity index (χ4n) is 1.00. The molecule has 0 aromatic heterocycles. The predicted octanol–water partition coefficient (Wildman–Crippen LogP) is -0.778. The average Bonchev–Trinajstić information content (AvgIpc) is 2.12. The van der Waals surface area contributed by atoms with E-state index in [4.69, 9.17) is 5.73 Å². The molecule has 82 valence electrons. The largest absolute Gasteiger partial charge is 0.358 e. The number of nitrogens with two attached hydrogens (primary N) is 1. The van der Waals surface area contributed by atoms with E-state index in [1.807, 2.05) is 13.8 Å². The van der Waals surface area contributed by atoms with Crippen LogP contribution in [0, 0.1) is 5.92 Å². The molecule has 0 radical (unpaired) electrons. The van der Waals surface area contributed by atoms with E-state index in [1.54, 1.807) is 0 Å². The molecule has 0 saturated carbocycles. The molecule has 0 spiro atoms. The summed E-state index contributed by atoms with van der Waals surface area (Å²) < 4.78 is 0. The summed E-state index contributed by atoms with van der Waals surface area (Å²) in [4.78, 5) is 22.1. The Bertz CT molecular complexity index is 204. The van der Waals surface area contributed by atoms with Crippen molar-refractivity contribution in [1.29, 1.82) is 0 Å². The Labute approximate surface area is 84.4 Å². The first-order valence-electron chi connectivity index (χ1n) is 4.71. The zero-order valence-electron chi connectivity index (χ0n) is 8.96. The van der Waals surface area contributed by atoms with Crippen LogP contribution in [-0.4, -0.2) is 31.4 Å². The van der Waals surface area contributed by atoms with Gasteiger partial charge in [0.2, 0.25) is 11.8 Å². The Morgan fingerprint density at radius 3 is 2.36 bits per heavy atom. The quantitative estimate of drug-likeness (QED) is 0.545. The number of hydrogen-bond acceptors (Lipinski definition) is 3. The lowest BCUT2D eigenvalue weighted by Crippen LogP contribution is -2.44. The van der Waals surface area contributed by atoms with Crippen molar-refractivity contribution in [3.05, 3.63) is 0 Å². The van der Waals surface area contributed by atoms with Crippen LogP contribution in [0.4, 0.5) is 0 Å². The van der Waals surface area contributed by atoms with Gasteiger partial charge in [-0.05, 0) is 12.3 Å². The van der Waals surface area contributed by atoms with Crippen molar-refractivity contribution in [2.24, 2.45) is 11.7 Å². The first-order chi connectivity index (χ1) is 6.47. The van der Waals surface area contributed by atoms with E-state index in [2.05, 4.69) is 10.6 Å². The SMILES string of the molecule is CNC(=O)CNC(=O)[C@H](N)CC(C)C. The highest BCUT2D eigenvalue weighted by Crippen LogP contribution is 2.01. The maximum absolute atomic E-state index is 11.3. The van der Waals surface area contributed by atoms with E-state index in [0.29, 0.717) is 12.3 Å². The van der Waals surface area contributed by atoms with Crippen molar-refractivity contribution in [1.82, 2.24) is 10.6 Å². The van der Waals surface area contributed by atoms with Gasteiger partial charge in [-0.1, -0.05) is 13.8 Å². The minimum atomic E-state index is -0.528. The molecule has 0 bridgehead atoms. The summed E-state index contributed by atoms with van der Waals surface area (Å²) >= 11 is 0. The number of hydrogen-bond donors (Lipinski definition) is 3. The molecule has 0 unspecified atom stereocenters. The van der Waals surface area contributed by atoms with Gasteiger partial charge in [-0.3, -0.25) is 9.59 Å². The lowest BCUT2D eigenvalue weighted by atomic mass is 10.0. The molecular formula is C9H19N3O2. The molecule has 0 aromatic rings. The molecular weight excluding hydrogens is 182 g/mol. The van der Waals surface area contributed by atoms with Crippen molar-refractivity contribution in [2.45, 2.75) is 26.3 Å². The summed E-state index contributed by atoms with van der Waals surface area (Å²) in [5.74, 6) is -0.131. The van der Waals surface area contributed by atoms with Crippen LogP contribution in [-0.2, 0) is 9.59 Å². The number of likely N-dealkylation sites (N-methyl/N-ethyl adjacent to an activating group) is 1. The normalized spacial score (nSPS) is 12.4. The van der Waals surface area contributed by atoms with E-state index in [9.17, 15) is 9.59 Å². The van der Waals surface area contributed by atoms with Crippen molar-refractivity contribution in [3.8, 4) is 0 Å². The summed E-state index contributed by atoms with van der Waals surface area (Å²) in [5.41, 5.74) is 5.60. The van der Waals surface area contributed by atoms with Crippen LogP contribution in [0.1, 0.15) is 20.3 Å². The first kappa shape index (κ1) is 12.9. The minimum absolute atomic E-state index is 0.0128. The van der Waals surface area contributed by atoms with Crippen LogP contribution < -0.4 is 16.4 Å². The van der Waals surface area contributed by atoms with Gasteiger partial charge in [0.25, 0.3) is 0 Å². The third-order valence-electron chi connectivity index (χ3n) is 1.76. The molecule has 4 N–H and O–H groups in total. The second-order valence-electron chi connectivity index (χ2n) is 3.63. The summed E-state index contributed by atoms with van der Waals surface area (Å²) in [6.07, 6.45) is 0.625. The smallest absolute Gasteiger partial charge is 0.239 e. The van der Waals surface area contributed by atoms with Gasteiger partial charge in [-0.25, -0.2) is 0 Å². The van der Waals surface area contributed by atoms with Crippen LogP contribution in [0.3, 0.4) is 0 Å². The Morgan fingerprint density at radius 1 is 1.36 bits per heavy atom. The van der Waals surface area contributed by atoms with E-state index >= 15 is 0 Å². The van der Waals surface area contributed by atoms with E-state index in [1.165, 1.54) is 7.05 Å². The summed E-state index contributed by atoms with van der Waals surface area (Å²) in [6, 6.07) is -0.528. The van der Waals surface area contributed by atoms with Gasteiger partial charge in [0.05, 0.1) is 12.6 Å². The van der Waals surface area contributed by atoms with Crippen molar-refractivity contribution >= 4 is 11.8 Å². The number of carbonyl (C=O) groups is 2. The van der Waals surface area contributed by atoms with Gasteiger partial charge in [0, 0.05) is 7.05 Å². The third-order valence-corrected chi connectivity index (χ3v) is 1.76. The van der Waals surface area contributed by atoms with Crippen molar-refractivity contribution < 1.29 is 9.59 Å². The topological polar surface area (TPSA) is 84.2 Å². The van der Waals surface area contributed by atoms with Gasteiger partial charge < -0.3 is 16.4 Å². The zero-order chi connectivity index (χ0) is 11.1. The van der Waals surface area contributed by atoms with E-state index in [0.717, 1.165) is 0 Å². The van der Waals surface area contributed by atoms with Crippen molar-refractivity contribution in [3.63, 3.8) is 0 Å². The molecule has 0 heterocycles. The summed E-state index contributed by atoms with van der Waals surface area (Å²) in [7, 11) is 1.52. The van der Waals surface area contributed by atoms with Gasteiger partial charge in [0.1, 0.15) is 0 Å². The second kappa shape index (κ2) is 6.37. The molecule has 1 atom stereocenters. The Kier molecular flexibility index (Phi) is 5.87. The maximum Gasteiger partial charge on any atom is 0.239 e. The Balaban J connectivity index is 3.78. The molecule has 0 fully saturated rings. The van der Waals surface area contributed by atoms with Gasteiger partial charge in [-0.15, -0.1) is 0 Å². The van der Waals surface area contributed by atoms with Crippen LogP contribution in [0.5, 0.6) is 0 Å².